The normalized spacial score (nSPS) is 21.5. The Hall–Kier alpha value is -2.42. The first-order valence-electron chi connectivity index (χ1n) is 11.5. The van der Waals surface area contributed by atoms with Crippen molar-refractivity contribution >= 4 is 40.3 Å². The first-order valence-corrected chi connectivity index (χ1v) is 12.4. The van der Waals surface area contributed by atoms with Crippen LogP contribution in [0.2, 0.25) is 0 Å². The minimum atomic E-state index is -0.173. The lowest BCUT2D eigenvalue weighted by molar-refractivity contribution is -0.0214. The SMILES string of the molecule is Cc1scc2c1N(C(=O)N1CCOC(CCN3CCCCC3)C1)c1ccccc1NC2=O. The van der Waals surface area contributed by atoms with Crippen molar-refractivity contribution in [1.29, 1.82) is 0 Å². The zero-order valence-corrected chi connectivity index (χ0v) is 19.3. The van der Waals surface area contributed by atoms with Crippen LogP contribution in [0.4, 0.5) is 21.9 Å². The van der Waals surface area contributed by atoms with Crippen LogP contribution in [0.15, 0.2) is 29.6 Å². The number of urea groups is 1. The van der Waals surface area contributed by atoms with Crippen molar-refractivity contribution in [3.05, 3.63) is 40.1 Å². The van der Waals surface area contributed by atoms with Crippen LogP contribution in [0.25, 0.3) is 0 Å². The van der Waals surface area contributed by atoms with E-state index < -0.39 is 0 Å². The molecule has 1 N–H and O–H groups in total. The summed E-state index contributed by atoms with van der Waals surface area (Å²) >= 11 is 1.50. The van der Waals surface area contributed by atoms with E-state index in [9.17, 15) is 9.59 Å². The number of benzene rings is 1. The number of piperidine rings is 1. The third-order valence-electron chi connectivity index (χ3n) is 6.62. The van der Waals surface area contributed by atoms with Crippen LogP contribution in [0.5, 0.6) is 0 Å². The number of carbonyl (C=O) groups excluding carboxylic acids is 2. The number of morpholine rings is 1. The number of nitrogens with zero attached hydrogens (tertiary/aromatic N) is 3. The number of hydrogen-bond acceptors (Lipinski definition) is 5. The molecule has 2 saturated heterocycles. The Labute approximate surface area is 192 Å². The molecule has 8 heteroatoms. The molecule has 1 aromatic heterocycles. The largest absolute Gasteiger partial charge is 0.374 e. The van der Waals surface area contributed by atoms with Crippen molar-refractivity contribution in [2.24, 2.45) is 0 Å². The highest BCUT2D eigenvalue weighted by molar-refractivity contribution is 7.11. The summed E-state index contributed by atoms with van der Waals surface area (Å²) < 4.78 is 6.02. The smallest absolute Gasteiger partial charge is 0.329 e. The highest BCUT2D eigenvalue weighted by atomic mass is 32.1. The molecule has 0 spiro atoms. The van der Waals surface area contributed by atoms with Gasteiger partial charge in [-0.05, 0) is 51.4 Å². The van der Waals surface area contributed by atoms with Crippen molar-refractivity contribution < 1.29 is 14.3 Å². The second-order valence-corrected chi connectivity index (χ2v) is 9.86. The molecule has 32 heavy (non-hydrogen) atoms. The molecule has 1 atom stereocenters. The first kappa shape index (κ1) is 21.4. The number of nitrogens with one attached hydrogen (secondary N) is 1. The fourth-order valence-corrected chi connectivity index (χ4v) is 5.72. The number of aryl methyl sites for hydroxylation is 1. The molecule has 3 aliphatic heterocycles. The number of anilines is 3. The molecule has 170 valence electrons. The molecular formula is C24H30N4O3S. The van der Waals surface area contributed by atoms with Gasteiger partial charge >= 0.3 is 6.03 Å². The maximum Gasteiger partial charge on any atom is 0.329 e. The zero-order chi connectivity index (χ0) is 22.1. The number of amides is 3. The average molecular weight is 455 g/mol. The molecule has 2 fully saturated rings. The molecule has 0 bridgehead atoms. The number of thiophene rings is 1. The number of likely N-dealkylation sites (tertiary alicyclic amines) is 1. The monoisotopic (exact) mass is 454 g/mol. The minimum absolute atomic E-state index is 0.0413. The van der Waals surface area contributed by atoms with Gasteiger partial charge in [-0.2, -0.15) is 0 Å². The lowest BCUT2D eigenvalue weighted by atomic mass is 10.1. The maximum atomic E-state index is 13.9. The van der Waals surface area contributed by atoms with Gasteiger partial charge in [-0.25, -0.2) is 4.79 Å². The van der Waals surface area contributed by atoms with Gasteiger partial charge in [-0.15, -0.1) is 11.3 Å². The number of hydrogen-bond donors (Lipinski definition) is 1. The summed E-state index contributed by atoms with van der Waals surface area (Å²) in [6.45, 7) is 6.99. The van der Waals surface area contributed by atoms with E-state index in [1.165, 1.54) is 43.7 Å². The molecule has 0 radical (unpaired) electrons. The summed E-state index contributed by atoms with van der Waals surface area (Å²) in [6, 6.07) is 7.42. The number of ether oxygens (including phenoxy) is 1. The molecule has 3 aliphatic rings. The second-order valence-electron chi connectivity index (χ2n) is 8.77. The van der Waals surface area contributed by atoms with E-state index in [1.54, 1.807) is 4.90 Å². The Kier molecular flexibility index (Phi) is 6.17. The Morgan fingerprint density at radius 1 is 1.19 bits per heavy atom. The predicted molar refractivity (Wildman–Crippen MR) is 127 cm³/mol. The van der Waals surface area contributed by atoms with Gasteiger partial charge in [0.2, 0.25) is 0 Å². The molecule has 0 aliphatic carbocycles. The van der Waals surface area contributed by atoms with Crippen LogP contribution in [0.1, 0.15) is 40.9 Å². The fourth-order valence-electron chi connectivity index (χ4n) is 4.89. The minimum Gasteiger partial charge on any atom is -0.374 e. The van der Waals surface area contributed by atoms with Gasteiger partial charge in [-0.1, -0.05) is 18.6 Å². The van der Waals surface area contributed by atoms with Gasteiger partial charge in [0.15, 0.2) is 0 Å². The fraction of sp³-hybridized carbons (Fsp3) is 0.500. The van der Waals surface area contributed by atoms with Crippen LogP contribution in [-0.4, -0.2) is 67.2 Å². The van der Waals surface area contributed by atoms with Crippen LogP contribution in [0, 0.1) is 6.92 Å². The second kappa shape index (κ2) is 9.21. The maximum absolute atomic E-state index is 13.9. The van der Waals surface area contributed by atoms with Crippen molar-refractivity contribution in [3.8, 4) is 0 Å². The Balaban J connectivity index is 1.38. The van der Waals surface area contributed by atoms with E-state index >= 15 is 0 Å². The lowest BCUT2D eigenvalue weighted by Gasteiger charge is -2.37. The van der Waals surface area contributed by atoms with Gasteiger partial charge in [0.25, 0.3) is 5.91 Å². The van der Waals surface area contributed by atoms with Gasteiger partial charge < -0.3 is 19.9 Å². The number of rotatable bonds is 3. The van der Waals surface area contributed by atoms with E-state index in [0.29, 0.717) is 42.3 Å². The Morgan fingerprint density at radius 3 is 2.84 bits per heavy atom. The zero-order valence-electron chi connectivity index (χ0n) is 18.5. The summed E-state index contributed by atoms with van der Waals surface area (Å²) in [7, 11) is 0. The summed E-state index contributed by atoms with van der Waals surface area (Å²) in [5.41, 5.74) is 2.61. The first-order chi connectivity index (χ1) is 15.6. The lowest BCUT2D eigenvalue weighted by Crippen LogP contribution is -2.50. The van der Waals surface area contributed by atoms with E-state index in [1.807, 2.05) is 41.5 Å². The number of para-hydroxylation sites is 2. The third-order valence-corrected chi connectivity index (χ3v) is 7.52. The number of carbonyl (C=O) groups is 2. The standard InChI is InChI=1S/C24H30N4O3S/c1-17-22-19(16-32-17)23(29)25-20-7-3-4-8-21(20)28(22)24(30)27-13-14-31-18(15-27)9-12-26-10-5-2-6-11-26/h3-4,7-8,16,18H,2,5-6,9-15H2,1H3,(H,25,29). The van der Waals surface area contributed by atoms with E-state index in [4.69, 9.17) is 4.74 Å². The summed E-state index contributed by atoms with van der Waals surface area (Å²) in [5.74, 6) is -0.173. The topological polar surface area (TPSA) is 65.1 Å². The van der Waals surface area contributed by atoms with Crippen molar-refractivity contribution in [3.63, 3.8) is 0 Å². The summed E-state index contributed by atoms with van der Waals surface area (Å²) in [5, 5.41) is 4.81. The molecule has 2 aromatic rings. The molecule has 4 heterocycles. The molecule has 1 aromatic carbocycles. The predicted octanol–water partition coefficient (Wildman–Crippen LogP) is 4.46. The van der Waals surface area contributed by atoms with Crippen molar-refractivity contribution in [1.82, 2.24) is 9.80 Å². The quantitative estimate of drug-likeness (QED) is 0.744. The molecular weight excluding hydrogens is 424 g/mol. The molecule has 0 saturated carbocycles. The van der Waals surface area contributed by atoms with Gasteiger partial charge in [0, 0.05) is 29.9 Å². The van der Waals surface area contributed by atoms with Crippen LogP contribution in [-0.2, 0) is 4.74 Å². The molecule has 5 rings (SSSR count). The van der Waals surface area contributed by atoms with E-state index in [0.717, 1.165) is 17.8 Å². The number of fused-ring (bicyclic) bond motifs is 2. The van der Waals surface area contributed by atoms with Gasteiger partial charge in [0.1, 0.15) is 0 Å². The average Bonchev–Trinajstić information content (AvgIpc) is 3.15. The van der Waals surface area contributed by atoms with Gasteiger partial charge in [0.05, 0.1) is 35.3 Å². The van der Waals surface area contributed by atoms with Crippen molar-refractivity contribution in [2.45, 2.75) is 38.7 Å². The molecule has 7 nitrogen and oxygen atoms in total. The Morgan fingerprint density at radius 2 is 2.00 bits per heavy atom. The van der Waals surface area contributed by atoms with E-state index in [2.05, 4.69) is 10.2 Å². The summed E-state index contributed by atoms with van der Waals surface area (Å²) in [4.78, 5) is 33.8. The highest BCUT2D eigenvalue weighted by Crippen LogP contribution is 2.42. The summed E-state index contributed by atoms with van der Waals surface area (Å²) in [6.07, 6.45) is 4.86. The molecule has 3 amide bonds. The van der Waals surface area contributed by atoms with Crippen LogP contribution in [0.3, 0.4) is 0 Å². The highest BCUT2D eigenvalue weighted by Gasteiger charge is 2.36. The van der Waals surface area contributed by atoms with E-state index in [-0.39, 0.29) is 18.0 Å². The van der Waals surface area contributed by atoms with Crippen molar-refractivity contribution in [2.75, 3.05) is 49.5 Å². The molecule has 1 unspecified atom stereocenters. The Bertz CT molecular complexity index is 1000. The third kappa shape index (κ3) is 4.14. The van der Waals surface area contributed by atoms with Crippen LogP contribution >= 0.6 is 11.3 Å². The van der Waals surface area contributed by atoms with Crippen LogP contribution < -0.4 is 10.2 Å². The van der Waals surface area contributed by atoms with Gasteiger partial charge in [-0.3, -0.25) is 9.69 Å².